The van der Waals surface area contributed by atoms with E-state index in [9.17, 15) is 17.6 Å². The lowest BCUT2D eigenvalue weighted by Crippen LogP contribution is -2.38. The molecule has 102 valence electrons. The van der Waals surface area contributed by atoms with Crippen molar-refractivity contribution in [2.75, 3.05) is 6.54 Å². The van der Waals surface area contributed by atoms with Crippen LogP contribution in [0.5, 0.6) is 0 Å². The molecule has 2 aromatic rings. The van der Waals surface area contributed by atoms with Gasteiger partial charge in [0.05, 0.1) is 6.54 Å². The number of halogens is 4. The Morgan fingerprint density at radius 3 is 2.74 bits per heavy atom. The normalized spacial score (nSPS) is 12.3. The van der Waals surface area contributed by atoms with E-state index in [4.69, 9.17) is 0 Å². The van der Waals surface area contributed by atoms with Gasteiger partial charge in [-0.1, -0.05) is 18.2 Å². The average molecular weight is 272 g/mol. The first kappa shape index (κ1) is 13.7. The van der Waals surface area contributed by atoms with Gasteiger partial charge in [-0.05, 0) is 17.0 Å². The number of aromatic nitrogens is 1. The van der Waals surface area contributed by atoms with E-state index in [2.05, 4.69) is 10.3 Å². The van der Waals surface area contributed by atoms with Gasteiger partial charge in [-0.25, -0.2) is 8.78 Å². The quantitative estimate of drug-likeness (QED) is 0.845. The summed E-state index contributed by atoms with van der Waals surface area (Å²) in [5.41, 5.74) is 0.768. The van der Waals surface area contributed by atoms with Crippen molar-refractivity contribution in [3.63, 3.8) is 0 Å². The molecule has 0 bridgehead atoms. The van der Waals surface area contributed by atoms with Gasteiger partial charge in [0.15, 0.2) is 0 Å². The highest BCUT2D eigenvalue weighted by molar-refractivity contribution is 5.84. The standard InChI is InChI=1S/C13H12F4N2/c14-12(15)13(16,17)8-19-7-10-3-1-2-9-6-18-5-4-11(9)10/h1-6,12,19H,7-8H2. The summed E-state index contributed by atoms with van der Waals surface area (Å²) in [5, 5.41) is 4.11. The van der Waals surface area contributed by atoms with Crippen LogP contribution in [0.15, 0.2) is 36.7 Å². The smallest absolute Gasteiger partial charge is 0.307 e. The molecule has 0 saturated heterocycles. The fourth-order valence-electron chi connectivity index (χ4n) is 1.78. The second-order valence-corrected chi connectivity index (χ2v) is 4.18. The summed E-state index contributed by atoms with van der Waals surface area (Å²) in [4.78, 5) is 3.96. The monoisotopic (exact) mass is 272 g/mol. The fraction of sp³-hybridized carbons (Fsp3) is 0.308. The maximum Gasteiger partial charge on any atom is 0.319 e. The van der Waals surface area contributed by atoms with Crippen molar-refractivity contribution >= 4 is 10.8 Å². The largest absolute Gasteiger partial charge is 0.319 e. The van der Waals surface area contributed by atoms with Gasteiger partial charge in [-0.3, -0.25) is 4.98 Å². The Morgan fingerprint density at radius 2 is 2.00 bits per heavy atom. The van der Waals surface area contributed by atoms with Crippen molar-refractivity contribution < 1.29 is 17.6 Å². The lowest BCUT2D eigenvalue weighted by molar-refractivity contribution is -0.125. The minimum Gasteiger partial charge on any atom is -0.307 e. The molecule has 0 spiro atoms. The van der Waals surface area contributed by atoms with Crippen LogP contribution in [-0.2, 0) is 6.54 Å². The van der Waals surface area contributed by atoms with Crippen molar-refractivity contribution in [3.8, 4) is 0 Å². The summed E-state index contributed by atoms with van der Waals surface area (Å²) >= 11 is 0. The zero-order valence-electron chi connectivity index (χ0n) is 9.91. The number of nitrogens with zero attached hydrogens (tertiary/aromatic N) is 1. The summed E-state index contributed by atoms with van der Waals surface area (Å²) in [6.07, 6.45) is -0.400. The van der Waals surface area contributed by atoms with Crippen LogP contribution in [0.4, 0.5) is 17.6 Å². The molecule has 6 heteroatoms. The van der Waals surface area contributed by atoms with Gasteiger partial charge in [0, 0.05) is 24.3 Å². The molecule has 0 amide bonds. The van der Waals surface area contributed by atoms with Crippen LogP contribution < -0.4 is 5.32 Å². The molecule has 0 aliphatic heterocycles. The molecule has 0 radical (unpaired) electrons. The zero-order valence-corrected chi connectivity index (χ0v) is 9.91. The lowest BCUT2D eigenvalue weighted by atomic mass is 10.1. The first-order valence-electron chi connectivity index (χ1n) is 5.69. The molecule has 1 aromatic carbocycles. The van der Waals surface area contributed by atoms with Crippen LogP contribution in [0.1, 0.15) is 5.56 Å². The van der Waals surface area contributed by atoms with Crippen molar-refractivity contribution in [1.29, 1.82) is 0 Å². The van der Waals surface area contributed by atoms with Gasteiger partial charge in [0.1, 0.15) is 0 Å². The average Bonchev–Trinajstić information content (AvgIpc) is 2.38. The summed E-state index contributed by atoms with van der Waals surface area (Å²) in [6, 6.07) is 7.14. The Balaban J connectivity index is 2.07. The third-order valence-electron chi connectivity index (χ3n) is 2.77. The molecule has 1 heterocycles. The lowest BCUT2D eigenvalue weighted by Gasteiger charge is -2.16. The number of rotatable bonds is 5. The van der Waals surface area contributed by atoms with Gasteiger partial charge >= 0.3 is 12.3 Å². The van der Waals surface area contributed by atoms with Crippen molar-refractivity contribution in [2.24, 2.45) is 0 Å². The highest BCUT2D eigenvalue weighted by Crippen LogP contribution is 2.22. The molecule has 19 heavy (non-hydrogen) atoms. The Morgan fingerprint density at radius 1 is 1.21 bits per heavy atom. The molecular formula is C13H12F4N2. The molecular weight excluding hydrogens is 260 g/mol. The highest BCUT2D eigenvalue weighted by atomic mass is 19.3. The van der Waals surface area contributed by atoms with Crippen LogP contribution in [0.25, 0.3) is 10.8 Å². The summed E-state index contributed by atoms with van der Waals surface area (Å²) in [5.74, 6) is -4.01. The summed E-state index contributed by atoms with van der Waals surface area (Å²) in [6.45, 7) is -0.949. The number of fused-ring (bicyclic) bond motifs is 1. The Hall–Kier alpha value is -1.69. The van der Waals surface area contributed by atoms with Gasteiger partial charge in [-0.15, -0.1) is 0 Å². The molecule has 0 saturated carbocycles. The van der Waals surface area contributed by atoms with E-state index in [1.54, 1.807) is 30.6 Å². The zero-order chi connectivity index (χ0) is 13.9. The summed E-state index contributed by atoms with van der Waals surface area (Å²) < 4.78 is 49.5. The number of benzene rings is 1. The molecule has 1 N–H and O–H groups in total. The molecule has 0 atom stereocenters. The Kier molecular flexibility index (Phi) is 3.99. The molecule has 0 unspecified atom stereocenters. The first-order chi connectivity index (χ1) is 9.00. The van der Waals surface area contributed by atoms with Crippen LogP contribution >= 0.6 is 0 Å². The predicted molar refractivity (Wildman–Crippen MR) is 64.4 cm³/mol. The van der Waals surface area contributed by atoms with Crippen molar-refractivity contribution in [2.45, 2.75) is 18.9 Å². The van der Waals surface area contributed by atoms with Gasteiger partial charge < -0.3 is 5.32 Å². The van der Waals surface area contributed by atoms with E-state index in [-0.39, 0.29) is 6.54 Å². The number of pyridine rings is 1. The van der Waals surface area contributed by atoms with E-state index >= 15 is 0 Å². The minimum absolute atomic E-state index is 0.101. The second kappa shape index (κ2) is 5.52. The first-order valence-corrected chi connectivity index (χ1v) is 5.69. The van der Waals surface area contributed by atoms with E-state index in [0.29, 0.717) is 0 Å². The SMILES string of the molecule is FC(F)C(F)(F)CNCc1cccc2cnccc12. The fourth-order valence-corrected chi connectivity index (χ4v) is 1.78. The van der Waals surface area contributed by atoms with Gasteiger partial charge in [0.25, 0.3) is 0 Å². The number of nitrogens with one attached hydrogen (secondary N) is 1. The second-order valence-electron chi connectivity index (χ2n) is 4.18. The Labute approximate surface area is 107 Å². The minimum atomic E-state index is -4.01. The van der Waals surface area contributed by atoms with E-state index in [0.717, 1.165) is 16.3 Å². The molecule has 0 aliphatic rings. The van der Waals surface area contributed by atoms with Gasteiger partial charge in [-0.2, -0.15) is 8.78 Å². The summed E-state index contributed by atoms with van der Waals surface area (Å²) in [7, 11) is 0. The van der Waals surface area contributed by atoms with Crippen molar-refractivity contribution in [3.05, 3.63) is 42.2 Å². The van der Waals surface area contributed by atoms with E-state index < -0.39 is 18.9 Å². The van der Waals surface area contributed by atoms with Crippen LogP contribution in [0.3, 0.4) is 0 Å². The van der Waals surface area contributed by atoms with E-state index in [1.165, 1.54) is 0 Å². The molecule has 2 rings (SSSR count). The van der Waals surface area contributed by atoms with Gasteiger partial charge in [0.2, 0.25) is 0 Å². The maximum absolute atomic E-state index is 12.7. The molecule has 2 nitrogen and oxygen atoms in total. The van der Waals surface area contributed by atoms with Crippen LogP contribution in [0, 0.1) is 0 Å². The van der Waals surface area contributed by atoms with Crippen LogP contribution in [-0.4, -0.2) is 23.9 Å². The van der Waals surface area contributed by atoms with E-state index in [1.807, 2.05) is 6.07 Å². The third kappa shape index (κ3) is 3.20. The molecule has 0 aliphatic carbocycles. The van der Waals surface area contributed by atoms with Crippen molar-refractivity contribution in [1.82, 2.24) is 10.3 Å². The van der Waals surface area contributed by atoms with Crippen LogP contribution in [0.2, 0.25) is 0 Å². The molecule has 1 aromatic heterocycles. The molecule has 0 fully saturated rings. The number of hydrogen-bond donors (Lipinski definition) is 1. The third-order valence-corrected chi connectivity index (χ3v) is 2.77. The number of hydrogen-bond acceptors (Lipinski definition) is 2. The maximum atomic E-state index is 12.7. The Bertz CT molecular complexity index is 552. The highest BCUT2D eigenvalue weighted by Gasteiger charge is 2.39. The topological polar surface area (TPSA) is 24.9 Å². The number of alkyl halides is 4. The predicted octanol–water partition coefficient (Wildman–Crippen LogP) is 3.22.